The topological polar surface area (TPSA) is 134 Å². The van der Waals surface area contributed by atoms with Gasteiger partial charge in [0.1, 0.15) is 6.61 Å². The summed E-state index contributed by atoms with van der Waals surface area (Å²) in [5.74, 6) is -0.886. The molecule has 3 N–H and O–H groups in total. The third-order valence-electron chi connectivity index (χ3n) is 10.7. The number of phosphoric ester groups is 1. The first-order valence-electron chi connectivity index (χ1n) is 27.3. The van der Waals surface area contributed by atoms with E-state index in [1.54, 1.807) is 0 Å². The van der Waals surface area contributed by atoms with Gasteiger partial charge in [-0.2, -0.15) is 0 Å². The number of carbonyl (C=O) groups is 2. The quantitative estimate of drug-likeness (QED) is 0.0264. The fraction of sp³-hybridized carbons (Fsp3) is 0.574. The van der Waals surface area contributed by atoms with Crippen molar-refractivity contribution in [1.29, 1.82) is 0 Å². The molecule has 0 amide bonds. The third-order valence-corrected chi connectivity index (χ3v) is 11.7. The largest absolute Gasteiger partial charge is 0.472 e. The third kappa shape index (κ3) is 55.1. The van der Waals surface area contributed by atoms with Crippen LogP contribution >= 0.6 is 7.82 Å². The maximum atomic E-state index is 12.7. The molecule has 9 nitrogen and oxygen atoms in total. The van der Waals surface area contributed by atoms with Crippen LogP contribution in [0.5, 0.6) is 0 Å². The highest BCUT2D eigenvalue weighted by atomic mass is 31.2. The molecule has 0 aromatic carbocycles. The molecule has 0 fully saturated rings. The molecule has 2 atom stereocenters. The molecule has 0 spiro atoms. The number of rotatable bonds is 49. The Morgan fingerprint density at radius 2 is 0.732 bits per heavy atom. The van der Waals surface area contributed by atoms with Crippen molar-refractivity contribution in [3.8, 4) is 0 Å². The van der Waals surface area contributed by atoms with E-state index in [-0.39, 0.29) is 32.6 Å². The number of carbonyl (C=O) groups excluding carboxylic acids is 2. The monoisotopic (exact) mass is 1000 g/mol. The number of nitrogens with two attached hydrogens (primary N) is 1. The van der Waals surface area contributed by atoms with Crippen LogP contribution < -0.4 is 5.73 Å². The van der Waals surface area contributed by atoms with Gasteiger partial charge in [-0.1, -0.05) is 211 Å². The molecule has 71 heavy (non-hydrogen) atoms. The molecule has 0 heterocycles. The number of esters is 2. The highest BCUT2D eigenvalue weighted by Crippen LogP contribution is 2.43. The van der Waals surface area contributed by atoms with Gasteiger partial charge in [0.2, 0.25) is 0 Å². The normalized spacial score (nSPS) is 14.3. The summed E-state index contributed by atoms with van der Waals surface area (Å²) in [6, 6.07) is 0. The fourth-order valence-electron chi connectivity index (χ4n) is 6.76. The number of ether oxygens (including phenoxy) is 2. The van der Waals surface area contributed by atoms with E-state index in [4.69, 9.17) is 24.3 Å². The number of allylic oxidation sites excluding steroid dienone is 24. The molecule has 2 unspecified atom stereocenters. The molecule has 0 aliphatic rings. The smallest absolute Gasteiger partial charge is 0.462 e. The van der Waals surface area contributed by atoms with Crippen molar-refractivity contribution in [3.05, 3.63) is 146 Å². The Morgan fingerprint density at radius 3 is 1.10 bits per heavy atom. The van der Waals surface area contributed by atoms with E-state index in [1.807, 2.05) is 0 Å². The number of hydrogen-bond donors (Lipinski definition) is 2. The summed E-state index contributed by atoms with van der Waals surface area (Å²) in [7, 11) is -4.41. The Balaban J connectivity index is 4.15. The van der Waals surface area contributed by atoms with Crippen molar-refractivity contribution in [2.45, 2.75) is 200 Å². The average Bonchev–Trinajstić information content (AvgIpc) is 3.36. The summed E-state index contributed by atoms with van der Waals surface area (Å²) in [6.07, 6.45) is 78.9. The van der Waals surface area contributed by atoms with Crippen LogP contribution in [0.3, 0.4) is 0 Å². The second-order valence-corrected chi connectivity index (χ2v) is 18.8. The average molecular weight is 1000 g/mol. The van der Waals surface area contributed by atoms with E-state index in [0.717, 1.165) is 122 Å². The minimum absolute atomic E-state index is 0.0379. The van der Waals surface area contributed by atoms with Gasteiger partial charge in [-0.05, 0) is 116 Å². The van der Waals surface area contributed by atoms with E-state index in [9.17, 15) is 19.0 Å². The van der Waals surface area contributed by atoms with Crippen molar-refractivity contribution in [1.82, 2.24) is 0 Å². The van der Waals surface area contributed by atoms with Crippen molar-refractivity contribution >= 4 is 19.8 Å². The lowest BCUT2D eigenvalue weighted by atomic mass is 10.1. The van der Waals surface area contributed by atoms with E-state index in [0.29, 0.717) is 12.8 Å². The van der Waals surface area contributed by atoms with Crippen LogP contribution in [-0.2, 0) is 32.7 Å². The zero-order valence-corrected chi connectivity index (χ0v) is 45.3. The Hall–Kier alpha value is -4.11. The van der Waals surface area contributed by atoms with Crippen LogP contribution in [0.15, 0.2) is 146 Å². The van der Waals surface area contributed by atoms with Gasteiger partial charge in [0.25, 0.3) is 0 Å². The predicted octanol–water partition coefficient (Wildman–Crippen LogP) is 17.2. The SMILES string of the molecule is CC/C=C\C/C=C\C/C=C\C/C=C\C/C=C\C/C=C\C/C=C\CCCCCC(=O)OC(COC(=O)CCCCCCCCCCC/C=C\C/C=C\C/C=C\C/C=C\C/C=C\CC)COP(=O)(O)OCCN. The molecule has 0 radical (unpaired) electrons. The van der Waals surface area contributed by atoms with E-state index in [2.05, 4.69) is 160 Å². The molecule has 0 saturated carbocycles. The Morgan fingerprint density at radius 1 is 0.423 bits per heavy atom. The van der Waals surface area contributed by atoms with Crippen molar-refractivity contribution in [2.75, 3.05) is 26.4 Å². The van der Waals surface area contributed by atoms with Crippen LogP contribution in [0.1, 0.15) is 194 Å². The molecular formula is C61H98NO8P. The highest BCUT2D eigenvalue weighted by Gasteiger charge is 2.26. The molecule has 0 saturated heterocycles. The van der Waals surface area contributed by atoms with Gasteiger partial charge in [-0.25, -0.2) is 4.57 Å². The van der Waals surface area contributed by atoms with E-state index < -0.39 is 32.5 Å². The summed E-state index contributed by atoms with van der Waals surface area (Å²) >= 11 is 0. The molecule has 0 aromatic heterocycles. The van der Waals surface area contributed by atoms with Crippen molar-refractivity contribution < 1.29 is 37.6 Å². The zero-order valence-electron chi connectivity index (χ0n) is 44.4. The molecule has 0 aromatic rings. The summed E-state index contributed by atoms with van der Waals surface area (Å²) in [6.45, 7) is 3.44. The van der Waals surface area contributed by atoms with Crippen LogP contribution in [0.25, 0.3) is 0 Å². The summed E-state index contributed by atoms with van der Waals surface area (Å²) < 4.78 is 33.0. The molecule has 10 heteroatoms. The van der Waals surface area contributed by atoms with Crippen LogP contribution in [0, 0.1) is 0 Å². The number of hydrogen-bond acceptors (Lipinski definition) is 8. The summed E-state index contributed by atoms with van der Waals surface area (Å²) in [5.41, 5.74) is 5.37. The molecule has 0 aliphatic heterocycles. The summed E-state index contributed by atoms with van der Waals surface area (Å²) in [5, 5.41) is 0. The van der Waals surface area contributed by atoms with Crippen molar-refractivity contribution in [2.24, 2.45) is 5.73 Å². The first-order valence-corrected chi connectivity index (χ1v) is 28.8. The van der Waals surface area contributed by atoms with Crippen LogP contribution in [0.2, 0.25) is 0 Å². The van der Waals surface area contributed by atoms with Crippen LogP contribution in [0.4, 0.5) is 0 Å². The van der Waals surface area contributed by atoms with Gasteiger partial charge in [0, 0.05) is 19.4 Å². The lowest BCUT2D eigenvalue weighted by Crippen LogP contribution is -2.29. The fourth-order valence-corrected chi connectivity index (χ4v) is 7.52. The van der Waals surface area contributed by atoms with E-state index >= 15 is 0 Å². The molecule has 400 valence electrons. The maximum Gasteiger partial charge on any atom is 0.472 e. The van der Waals surface area contributed by atoms with Gasteiger partial charge in [-0.3, -0.25) is 18.6 Å². The minimum Gasteiger partial charge on any atom is -0.462 e. The molecule has 0 aliphatic carbocycles. The molecule has 0 bridgehead atoms. The summed E-state index contributed by atoms with van der Waals surface area (Å²) in [4.78, 5) is 35.1. The van der Waals surface area contributed by atoms with E-state index in [1.165, 1.54) is 32.1 Å². The lowest BCUT2D eigenvalue weighted by Gasteiger charge is -2.19. The van der Waals surface area contributed by atoms with Gasteiger partial charge in [0.15, 0.2) is 6.10 Å². The maximum absolute atomic E-state index is 12.7. The standard InChI is InChI=1S/C61H98NO8P/c1-3-5-7-9-11-13-15-17-19-21-23-25-27-29-31-33-35-37-39-41-43-45-47-49-51-53-60(63)67-57-59(58-69-71(65,66)68-56-55-62)70-61(64)54-52-50-48-46-44-42-40-38-36-34-32-30-28-26-24-22-20-18-16-14-12-10-8-6-4-2/h5-8,11-14,17-20,23-26,29-32,36,38,42,44,59H,3-4,9-10,15-16,21-22,27-28,33-35,37,39-41,43,45-58,62H2,1-2H3,(H,65,66)/b7-5-,8-6-,13-11-,14-12-,19-17-,20-18-,25-23-,26-24-,31-29-,32-30-,38-36-,44-42-. The number of phosphoric acid groups is 1. The second kappa shape index (κ2) is 55.2. The first kappa shape index (κ1) is 66.9. The highest BCUT2D eigenvalue weighted by molar-refractivity contribution is 7.47. The van der Waals surface area contributed by atoms with Gasteiger partial charge < -0.3 is 20.1 Å². The Labute approximate surface area is 433 Å². The first-order chi connectivity index (χ1) is 34.8. The van der Waals surface area contributed by atoms with Gasteiger partial charge in [0.05, 0.1) is 13.2 Å². The van der Waals surface area contributed by atoms with Gasteiger partial charge in [-0.15, -0.1) is 0 Å². The lowest BCUT2D eigenvalue weighted by molar-refractivity contribution is -0.161. The predicted molar refractivity (Wildman–Crippen MR) is 302 cm³/mol. The minimum atomic E-state index is -4.41. The second-order valence-electron chi connectivity index (χ2n) is 17.3. The number of unbranched alkanes of at least 4 members (excludes halogenated alkanes) is 12. The van der Waals surface area contributed by atoms with Gasteiger partial charge >= 0.3 is 19.8 Å². The molecule has 0 rings (SSSR count). The Kier molecular flexibility index (Phi) is 52.0. The zero-order chi connectivity index (χ0) is 51.7. The van der Waals surface area contributed by atoms with Crippen LogP contribution in [-0.4, -0.2) is 49.3 Å². The Bertz CT molecular complexity index is 1660. The molecular weight excluding hydrogens is 906 g/mol. The van der Waals surface area contributed by atoms with Crippen molar-refractivity contribution in [3.63, 3.8) is 0 Å².